The van der Waals surface area contributed by atoms with Crippen molar-refractivity contribution in [3.63, 3.8) is 0 Å². The number of nitrogens with zero attached hydrogens (tertiary/aromatic N) is 4. The molecule has 1 N–H and O–H groups in total. The summed E-state index contributed by atoms with van der Waals surface area (Å²) in [6.07, 6.45) is 6.67. The number of amides is 1. The first-order chi connectivity index (χ1) is 12.2. The second-order valence-corrected chi connectivity index (χ2v) is 7.39. The smallest absolute Gasteiger partial charge is 0.269 e. The first kappa shape index (κ1) is 17.7. The van der Waals surface area contributed by atoms with Crippen molar-refractivity contribution < 1.29 is 9.53 Å². The van der Waals surface area contributed by atoms with Gasteiger partial charge in [-0.3, -0.25) is 10.1 Å². The summed E-state index contributed by atoms with van der Waals surface area (Å²) in [5.74, 6) is -0.192. The Morgan fingerprint density at radius 2 is 2.08 bits per heavy atom. The van der Waals surface area contributed by atoms with Gasteiger partial charge in [-0.1, -0.05) is 36.0 Å². The van der Waals surface area contributed by atoms with Gasteiger partial charge < -0.3 is 9.30 Å². The van der Waals surface area contributed by atoms with Crippen LogP contribution < -0.4 is 5.32 Å². The Labute approximate surface area is 153 Å². The lowest BCUT2D eigenvalue weighted by Gasteiger charge is -2.01. The maximum Gasteiger partial charge on any atom is 0.269 e. The largest absolute Gasteiger partial charge is 0.377 e. The number of carbonyl (C=O) groups excluding carboxylic acids is 1. The molecule has 7 nitrogen and oxygen atoms in total. The van der Waals surface area contributed by atoms with E-state index >= 15 is 0 Å². The van der Waals surface area contributed by atoms with E-state index in [0.29, 0.717) is 16.6 Å². The summed E-state index contributed by atoms with van der Waals surface area (Å²) >= 11 is 2.69. The maximum absolute atomic E-state index is 12.7. The lowest BCUT2D eigenvalue weighted by atomic mass is 10.2. The van der Waals surface area contributed by atoms with E-state index in [9.17, 15) is 4.79 Å². The molecular formula is C16H19N5O2S2. The molecule has 1 amide bonds. The van der Waals surface area contributed by atoms with Crippen molar-refractivity contribution >= 4 is 33.7 Å². The predicted octanol–water partition coefficient (Wildman–Crippen LogP) is 3.53. The van der Waals surface area contributed by atoms with E-state index in [4.69, 9.17) is 4.74 Å². The molecule has 0 radical (unpaired) electrons. The molecule has 132 valence electrons. The maximum atomic E-state index is 12.7. The van der Waals surface area contributed by atoms with Gasteiger partial charge in [-0.15, -0.1) is 10.2 Å². The van der Waals surface area contributed by atoms with Gasteiger partial charge in [0.1, 0.15) is 16.5 Å². The molecule has 0 aromatic carbocycles. The summed E-state index contributed by atoms with van der Waals surface area (Å²) in [6.45, 7) is 2.51. The molecule has 9 heteroatoms. The van der Waals surface area contributed by atoms with Gasteiger partial charge in [0.15, 0.2) is 5.13 Å². The van der Waals surface area contributed by atoms with Crippen LogP contribution in [0.3, 0.4) is 0 Å². The molecule has 0 aliphatic heterocycles. The zero-order valence-corrected chi connectivity index (χ0v) is 15.7. The fraction of sp³-hybridized carbons (Fsp3) is 0.375. The van der Waals surface area contributed by atoms with E-state index in [0.717, 1.165) is 35.1 Å². The van der Waals surface area contributed by atoms with Gasteiger partial charge >= 0.3 is 0 Å². The molecule has 0 bridgehead atoms. The zero-order chi connectivity index (χ0) is 17.6. The molecule has 3 rings (SSSR count). The van der Waals surface area contributed by atoms with Crippen LogP contribution in [0.15, 0.2) is 24.5 Å². The number of rotatable bonds is 8. The van der Waals surface area contributed by atoms with Crippen LogP contribution in [0.1, 0.15) is 40.1 Å². The molecule has 0 aliphatic rings. The molecular weight excluding hydrogens is 358 g/mol. The normalized spacial score (nSPS) is 11.0. The second-order valence-electron chi connectivity index (χ2n) is 5.35. The van der Waals surface area contributed by atoms with E-state index in [1.54, 1.807) is 7.11 Å². The number of methoxy groups -OCH3 is 1. The van der Waals surface area contributed by atoms with Crippen LogP contribution >= 0.6 is 22.7 Å². The third kappa shape index (κ3) is 4.30. The number of aromatic nitrogens is 4. The number of thiazole rings is 1. The van der Waals surface area contributed by atoms with Crippen molar-refractivity contribution in [2.24, 2.45) is 0 Å². The molecule has 0 atom stereocenters. The molecule has 25 heavy (non-hydrogen) atoms. The minimum atomic E-state index is -0.192. The fourth-order valence-corrected chi connectivity index (χ4v) is 3.92. The van der Waals surface area contributed by atoms with Crippen LogP contribution in [-0.4, -0.2) is 32.8 Å². The lowest BCUT2D eigenvalue weighted by Crippen LogP contribution is -2.12. The van der Waals surface area contributed by atoms with Crippen LogP contribution in [0.4, 0.5) is 5.13 Å². The van der Waals surface area contributed by atoms with Crippen LogP contribution in [0.25, 0.3) is 5.13 Å². The Morgan fingerprint density at radius 3 is 2.80 bits per heavy atom. The van der Waals surface area contributed by atoms with Crippen LogP contribution in [0.5, 0.6) is 0 Å². The predicted molar refractivity (Wildman–Crippen MR) is 98.6 cm³/mol. The number of carbonyl (C=O) groups is 1. The van der Waals surface area contributed by atoms with Gasteiger partial charge in [0, 0.05) is 19.5 Å². The second kappa shape index (κ2) is 8.32. The Balaban J connectivity index is 1.81. The average Bonchev–Trinajstić information content (AvgIpc) is 3.33. The molecule has 3 aromatic rings. The number of ether oxygens (including phenoxy) is 1. The van der Waals surface area contributed by atoms with Crippen LogP contribution in [0.2, 0.25) is 0 Å². The van der Waals surface area contributed by atoms with Gasteiger partial charge in [-0.25, -0.2) is 4.98 Å². The minimum Gasteiger partial charge on any atom is -0.377 e. The first-order valence-corrected chi connectivity index (χ1v) is 9.60. The van der Waals surface area contributed by atoms with Crippen molar-refractivity contribution in [1.82, 2.24) is 19.7 Å². The van der Waals surface area contributed by atoms with E-state index < -0.39 is 0 Å². The quantitative estimate of drug-likeness (QED) is 0.649. The third-order valence-corrected chi connectivity index (χ3v) is 5.36. The molecule has 3 aromatic heterocycles. The highest BCUT2D eigenvalue weighted by Crippen LogP contribution is 2.25. The number of hydrogen-bond acceptors (Lipinski definition) is 7. The number of anilines is 1. The Hall–Kier alpha value is -2.10. The van der Waals surface area contributed by atoms with Crippen LogP contribution in [0, 0.1) is 0 Å². The van der Waals surface area contributed by atoms with E-state index in [2.05, 4.69) is 27.4 Å². The molecule has 0 saturated carbocycles. The molecule has 3 heterocycles. The number of aryl methyl sites for hydroxylation is 1. The third-order valence-electron chi connectivity index (χ3n) is 3.44. The minimum absolute atomic E-state index is 0.192. The Kier molecular flexibility index (Phi) is 5.90. The summed E-state index contributed by atoms with van der Waals surface area (Å²) < 4.78 is 6.94. The van der Waals surface area contributed by atoms with Gasteiger partial charge in [-0.2, -0.15) is 0 Å². The van der Waals surface area contributed by atoms with E-state index in [1.165, 1.54) is 22.7 Å². The van der Waals surface area contributed by atoms with Crippen LogP contribution in [-0.2, 0) is 17.8 Å². The highest BCUT2D eigenvalue weighted by Gasteiger charge is 2.20. The standard InChI is InChI=1S/C16H19N5O2S2/c1-3-4-7-11-13(25-16(17-11)21-8-5-6-9-21)14(22)18-15-20-19-12(24-15)10-23-2/h5-6,8-9H,3-4,7,10H2,1-2H3,(H,18,20,22). The fourth-order valence-electron chi connectivity index (χ4n) is 2.24. The number of hydrogen-bond donors (Lipinski definition) is 1. The van der Waals surface area contributed by atoms with Crippen molar-refractivity contribution in [3.05, 3.63) is 40.1 Å². The van der Waals surface area contributed by atoms with E-state index in [1.807, 2.05) is 29.1 Å². The highest BCUT2D eigenvalue weighted by atomic mass is 32.1. The Morgan fingerprint density at radius 1 is 1.28 bits per heavy atom. The molecule has 0 fully saturated rings. The summed E-state index contributed by atoms with van der Waals surface area (Å²) in [7, 11) is 1.60. The Bertz CT molecular complexity index is 826. The van der Waals surface area contributed by atoms with Gasteiger partial charge in [0.2, 0.25) is 5.13 Å². The van der Waals surface area contributed by atoms with Crippen molar-refractivity contribution in [1.29, 1.82) is 0 Å². The molecule has 0 saturated heterocycles. The SMILES string of the molecule is CCCCc1nc(-n2cccc2)sc1C(=O)Nc1nnc(COC)s1. The van der Waals surface area contributed by atoms with Crippen molar-refractivity contribution in [2.45, 2.75) is 32.8 Å². The number of nitrogens with one attached hydrogen (secondary N) is 1. The lowest BCUT2D eigenvalue weighted by molar-refractivity contribution is 0.102. The van der Waals surface area contributed by atoms with Crippen molar-refractivity contribution in [3.8, 4) is 5.13 Å². The van der Waals surface area contributed by atoms with Crippen molar-refractivity contribution in [2.75, 3.05) is 12.4 Å². The first-order valence-electron chi connectivity index (χ1n) is 7.97. The van der Waals surface area contributed by atoms with Gasteiger partial charge in [0.05, 0.1) is 5.69 Å². The summed E-state index contributed by atoms with van der Waals surface area (Å²) in [5, 5.41) is 12.8. The molecule has 0 unspecified atom stereocenters. The van der Waals surface area contributed by atoms with Gasteiger partial charge in [0.25, 0.3) is 5.91 Å². The average molecular weight is 377 g/mol. The monoisotopic (exact) mass is 377 g/mol. The topological polar surface area (TPSA) is 81.9 Å². The summed E-state index contributed by atoms with van der Waals surface area (Å²) in [6, 6.07) is 3.87. The summed E-state index contributed by atoms with van der Waals surface area (Å²) in [5.41, 5.74) is 0.828. The zero-order valence-electron chi connectivity index (χ0n) is 14.1. The molecule has 0 spiro atoms. The van der Waals surface area contributed by atoms with Gasteiger partial charge in [-0.05, 0) is 25.0 Å². The van der Waals surface area contributed by atoms with E-state index in [-0.39, 0.29) is 5.91 Å². The highest BCUT2D eigenvalue weighted by molar-refractivity contribution is 7.17. The summed E-state index contributed by atoms with van der Waals surface area (Å²) in [4.78, 5) is 18.0. The number of unbranched alkanes of at least 4 members (excludes halogenated alkanes) is 1. The molecule has 0 aliphatic carbocycles.